The number of hydrogen-bond donors (Lipinski definition) is 3. The minimum atomic E-state index is -0.730. The van der Waals surface area contributed by atoms with Gasteiger partial charge in [0.2, 0.25) is 5.91 Å². The molecule has 1 aromatic carbocycles. The second-order valence-electron chi connectivity index (χ2n) is 8.96. The number of hydrogen-bond acceptors (Lipinski definition) is 4. The fourth-order valence-electron chi connectivity index (χ4n) is 5.17. The zero-order chi connectivity index (χ0) is 22.5. The molecule has 0 saturated carbocycles. The Labute approximate surface area is 180 Å². The molecule has 0 aromatic heterocycles. The van der Waals surface area contributed by atoms with Crippen LogP contribution in [0.5, 0.6) is 0 Å². The molecule has 6 nitrogen and oxygen atoms in total. The number of methoxy groups -OCH3 is 1. The maximum atomic E-state index is 11.8. The van der Waals surface area contributed by atoms with E-state index in [1.54, 1.807) is 13.2 Å². The molecule has 30 heavy (non-hydrogen) atoms. The maximum Gasteiger partial charge on any atom is 0.306 e. The second kappa shape index (κ2) is 10.4. The van der Waals surface area contributed by atoms with E-state index in [1.165, 1.54) is 5.56 Å². The molecule has 0 heterocycles. The number of rotatable bonds is 11. The fraction of sp³-hybridized carbons (Fsp3) is 0.667. The van der Waals surface area contributed by atoms with Gasteiger partial charge in [0.15, 0.2) is 0 Å². The normalized spacial score (nSPS) is 21.3. The third kappa shape index (κ3) is 5.03. The Morgan fingerprint density at radius 1 is 1.30 bits per heavy atom. The van der Waals surface area contributed by atoms with Crippen molar-refractivity contribution in [1.82, 2.24) is 5.32 Å². The summed E-state index contributed by atoms with van der Waals surface area (Å²) in [4.78, 5) is 23.4. The minimum absolute atomic E-state index is 0.0230. The summed E-state index contributed by atoms with van der Waals surface area (Å²) in [5.74, 6) is -1.16. The number of primary amides is 1. The first-order chi connectivity index (χ1) is 14.2. The van der Waals surface area contributed by atoms with Gasteiger partial charge < -0.3 is 20.9 Å². The molecule has 0 bridgehead atoms. The van der Waals surface area contributed by atoms with Gasteiger partial charge in [0.05, 0.1) is 12.0 Å². The van der Waals surface area contributed by atoms with Crippen molar-refractivity contribution in [2.45, 2.75) is 77.4 Å². The number of carbonyl (C=O) groups excluding carboxylic acids is 1. The summed E-state index contributed by atoms with van der Waals surface area (Å²) in [6.07, 6.45) is 3.74. The van der Waals surface area contributed by atoms with E-state index < -0.39 is 11.9 Å². The van der Waals surface area contributed by atoms with Crippen molar-refractivity contribution in [2.75, 3.05) is 13.7 Å². The Kier molecular flexibility index (Phi) is 8.44. The van der Waals surface area contributed by atoms with Gasteiger partial charge in [-0.1, -0.05) is 33.8 Å². The SMILES string of the molecule is CCC1(CC)c2cc(C(N)=O)ccc2C[C@H](OC)[C@H]1NCC[C@H](CC(C)C)C(=O)O. The van der Waals surface area contributed by atoms with Crippen molar-refractivity contribution in [3.05, 3.63) is 34.9 Å². The van der Waals surface area contributed by atoms with E-state index in [-0.39, 0.29) is 23.5 Å². The van der Waals surface area contributed by atoms with Crippen LogP contribution in [0.25, 0.3) is 0 Å². The van der Waals surface area contributed by atoms with Crippen molar-refractivity contribution >= 4 is 11.9 Å². The molecule has 3 atom stereocenters. The van der Waals surface area contributed by atoms with Gasteiger partial charge in [-0.25, -0.2) is 0 Å². The average molecular weight is 419 g/mol. The number of fused-ring (bicyclic) bond motifs is 1. The highest BCUT2D eigenvalue weighted by molar-refractivity contribution is 5.93. The molecule has 0 spiro atoms. The van der Waals surface area contributed by atoms with E-state index in [0.717, 1.165) is 24.8 Å². The van der Waals surface area contributed by atoms with Crippen molar-refractivity contribution < 1.29 is 19.4 Å². The predicted octanol–water partition coefficient (Wildman–Crippen LogP) is 3.51. The maximum absolute atomic E-state index is 11.8. The van der Waals surface area contributed by atoms with Crippen molar-refractivity contribution in [2.24, 2.45) is 17.6 Å². The first kappa shape index (κ1) is 24.4. The van der Waals surface area contributed by atoms with Crippen LogP contribution in [-0.4, -0.2) is 42.8 Å². The number of nitrogens with two attached hydrogens (primary N) is 1. The van der Waals surface area contributed by atoms with E-state index in [1.807, 2.05) is 12.1 Å². The van der Waals surface area contributed by atoms with Gasteiger partial charge in [-0.15, -0.1) is 0 Å². The molecular weight excluding hydrogens is 380 g/mol. The van der Waals surface area contributed by atoms with E-state index in [9.17, 15) is 14.7 Å². The van der Waals surface area contributed by atoms with E-state index in [4.69, 9.17) is 10.5 Å². The van der Waals surface area contributed by atoms with Crippen LogP contribution >= 0.6 is 0 Å². The Morgan fingerprint density at radius 3 is 2.47 bits per heavy atom. The van der Waals surface area contributed by atoms with Gasteiger partial charge in [-0.3, -0.25) is 9.59 Å². The lowest BCUT2D eigenvalue weighted by Crippen LogP contribution is -2.59. The monoisotopic (exact) mass is 418 g/mol. The number of ether oxygens (including phenoxy) is 1. The van der Waals surface area contributed by atoms with Crippen LogP contribution < -0.4 is 11.1 Å². The topological polar surface area (TPSA) is 102 Å². The number of carbonyl (C=O) groups is 2. The van der Waals surface area contributed by atoms with E-state index >= 15 is 0 Å². The number of carboxylic acid groups (broad SMARTS) is 1. The molecule has 1 aliphatic rings. The summed E-state index contributed by atoms with van der Waals surface area (Å²) in [5, 5.41) is 13.2. The van der Waals surface area contributed by atoms with Crippen molar-refractivity contribution in [3.8, 4) is 0 Å². The summed E-state index contributed by atoms with van der Waals surface area (Å²) in [5.41, 5.74) is 8.22. The van der Waals surface area contributed by atoms with Crippen LogP contribution in [0.3, 0.4) is 0 Å². The van der Waals surface area contributed by atoms with Crippen LogP contribution in [0.1, 0.15) is 74.9 Å². The number of aliphatic carboxylic acids is 1. The zero-order valence-corrected chi connectivity index (χ0v) is 19.0. The molecule has 1 amide bonds. The largest absolute Gasteiger partial charge is 0.481 e. The molecule has 0 unspecified atom stereocenters. The summed E-state index contributed by atoms with van der Waals surface area (Å²) in [6.45, 7) is 9.04. The Hall–Kier alpha value is -1.92. The quantitative estimate of drug-likeness (QED) is 0.510. The highest BCUT2D eigenvalue weighted by atomic mass is 16.5. The molecule has 4 N–H and O–H groups in total. The lowest BCUT2D eigenvalue weighted by molar-refractivity contribution is -0.142. The van der Waals surface area contributed by atoms with Crippen molar-refractivity contribution in [1.29, 1.82) is 0 Å². The molecule has 0 fully saturated rings. The molecule has 6 heteroatoms. The molecule has 1 aromatic rings. The smallest absolute Gasteiger partial charge is 0.306 e. The van der Waals surface area contributed by atoms with Gasteiger partial charge in [-0.05, 0) is 61.4 Å². The van der Waals surface area contributed by atoms with E-state index in [0.29, 0.717) is 30.9 Å². The average Bonchev–Trinajstić information content (AvgIpc) is 2.71. The molecule has 0 radical (unpaired) electrons. The highest BCUT2D eigenvalue weighted by Crippen LogP contribution is 2.44. The lowest BCUT2D eigenvalue weighted by Gasteiger charge is -2.49. The van der Waals surface area contributed by atoms with Crippen LogP contribution in [0.2, 0.25) is 0 Å². The second-order valence-corrected chi connectivity index (χ2v) is 8.96. The minimum Gasteiger partial charge on any atom is -0.481 e. The summed E-state index contributed by atoms with van der Waals surface area (Å²) < 4.78 is 5.90. The number of carboxylic acids is 1. The zero-order valence-electron chi connectivity index (χ0n) is 19.0. The Balaban J connectivity index is 2.33. The first-order valence-electron chi connectivity index (χ1n) is 11.1. The molecule has 168 valence electrons. The van der Waals surface area contributed by atoms with E-state index in [2.05, 4.69) is 33.0 Å². The van der Waals surface area contributed by atoms with Gasteiger partial charge in [0.25, 0.3) is 0 Å². The van der Waals surface area contributed by atoms with Gasteiger partial charge >= 0.3 is 5.97 Å². The summed E-state index contributed by atoms with van der Waals surface area (Å²) >= 11 is 0. The van der Waals surface area contributed by atoms with Crippen LogP contribution in [0.4, 0.5) is 0 Å². The fourth-order valence-corrected chi connectivity index (χ4v) is 5.17. The van der Waals surface area contributed by atoms with Crippen LogP contribution in [-0.2, 0) is 21.4 Å². The Morgan fingerprint density at radius 2 is 1.97 bits per heavy atom. The molecule has 2 rings (SSSR count). The van der Waals surface area contributed by atoms with Crippen LogP contribution in [0, 0.1) is 11.8 Å². The molecular formula is C24H38N2O4. The third-order valence-electron chi connectivity index (χ3n) is 6.85. The van der Waals surface area contributed by atoms with Gasteiger partial charge in [0, 0.05) is 30.6 Å². The molecule has 1 aliphatic carbocycles. The molecule has 0 saturated heterocycles. The Bertz CT molecular complexity index is 743. The molecule has 0 aliphatic heterocycles. The first-order valence-corrected chi connectivity index (χ1v) is 11.1. The van der Waals surface area contributed by atoms with Gasteiger partial charge in [0.1, 0.15) is 0 Å². The van der Waals surface area contributed by atoms with Crippen LogP contribution in [0.15, 0.2) is 18.2 Å². The summed E-state index contributed by atoms with van der Waals surface area (Å²) in [7, 11) is 1.73. The van der Waals surface area contributed by atoms with Crippen molar-refractivity contribution in [3.63, 3.8) is 0 Å². The number of benzene rings is 1. The standard InChI is InChI=1S/C24H38N2O4/c1-6-24(7-2)19-13-17(22(25)27)9-8-16(19)14-20(30-5)21(24)26-11-10-18(23(28)29)12-15(3)4/h8-9,13,15,18,20-21,26H,6-7,10-12,14H2,1-5H3,(H2,25,27)(H,28,29)/t18-,20+,21-/m1/s1. The third-order valence-corrected chi connectivity index (χ3v) is 6.85. The summed E-state index contributed by atoms with van der Waals surface area (Å²) in [6, 6.07) is 5.77. The predicted molar refractivity (Wildman–Crippen MR) is 119 cm³/mol. The number of nitrogens with one attached hydrogen (secondary N) is 1. The van der Waals surface area contributed by atoms with Gasteiger partial charge in [-0.2, -0.15) is 0 Å². The number of amides is 1. The lowest BCUT2D eigenvalue weighted by atomic mass is 9.62. The highest BCUT2D eigenvalue weighted by Gasteiger charge is 2.46.